The van der Waals surface area contributed by atoms with Gasteiger partial charge in [0.25, 0.3) is 0 Å². The summed E-state index contributed by atoms with van der Waals surface area (Å²) in [5.74, 6) is 0.463. The summed E-state index contributed by atoms with van der Waals surface area (Å²) in [7, 11) is 0. The van der Waals surface area contributed by atoms with Crippen molar-refractivity contribution in [1.29, 1.82) is 0 Å². The smallest absolute Gasteiger partial charge is 0.241 e. The molecule has 4 heteroatoms. The van der Waals surface area contributed by atoms with Crippen molar-refractivity contribution in [1.82, 2.24) is 9.80 Å². The maximum absolute atomic E-state index is 12.8. The summed E-state index contributed by atoms with van der Waals surface area (Å²) in [6, 6.07) is 18.4. The third-order valence-corrected chi connectivity index (χ3v) is 5.65. The predicted molar refractivity (Wildman–Crippen MR) is 122 cm³/mol. The van der Waals surface area contributed by atoms with Gasteiger partial charge >= 0.3 is 0 Å². The van der Waals surface area contributed by atoms with Crippen LogP contribution in [0.1, 0.15) is 37.8 Å². The lowest BCUT2D eigenvalue weighted by Crippen LogP contribution is -2.52. The van der Waals surface area contributed by atoms with Crippen LogP contribution in [0.5, 0.6) is 0 Å². The third kappa shape index (κ3) is 6.02. The van der Waals surface area contributed by atoms with Crippen molar-refractivity contribution in [2.75, 3.05) is 38.0 Å². The normalized spacial score (nSPS) is 17.0. The van der Waals surface area contributed by atoms with Gasteiger partial charge in [0.05, 0.1) is 6.04 Å². The van der Waals surface area contributed by atoms with Crippen LogP contribution >= 0.6 is 0 Å². The molecular weight excluding hydrogens is 358 g/mol. The van der Waals surface area contributed by atoms with Crippen molar-refractivity contribution in [3.8, 4) is 0 Å². The molecule has 1 atom stereocenters. The SMILES string of the molecule is CC(C)c1ccccc1NC(=O)[C@@H](C)N1CCN(C/C=C/c2ccccc2)CC1. The van der Waals surface area contributed by atoms with E-state index in [1.165, 1.54) is 11.1 Å². The molecule has 2 aromatic carbocycles. The van der Waals surface area contributed by atoms with E-state index in [0.29, 0.717) is 5.92 Å². The Balaban J connectivity index is 1.47. The summed E-state index contributed by atoms with van der Waals surface area (Å²) in [6.45, 7) is 11.1. The minimum atomic E-state index is -0.128. The maximum atomic E-state index is 12.8. The lowest BCUT2D eigenvalue weighted by molar-refractivity contribution is -0.121. The molecule has 1 N–H and O–H groups in total. The monoisotopic (exact) mass is 391 g/mol. The number of carbonyl (C=O) groups is 1. The molecule has 29 heavy (non-hydrogen) atoms. The molecule has 1 saturated heterocycles. The summed E-state index contributed by atoms with van der Waals surface area (Å²) in [4.78, 5) is 17.5. The molecule has 0 aliphatic carbocycles. The van der Waals surface area contributed by atoms with Crippen LogP contribution in [0.4, 0.5) is 5.69 Å². The molecule has 0 bridgehead atoms. The topological polar surface area (TPSA) is 35.6 Å². The van der Waals surface area contributed by atoms with Crippen LogP contribution in [0.2, 0.25) is 0 Å². The van der Waals surface area contributed by atoms with E-state index < -0.39 is 0 Å². The third-order valence-electron chi connectivity index (χ3n) is 5.65. The molecule has 3 rings (SSSR count). The van der Waals surface area contributed by atoms with Crippen LogP contribution in [-0.4, -0.2) is 54.5 Å². The number of piperazine rings is 1. The number of carbonyl (C=O) groups excluding carboxylic acids is 1. The van der Waals surface area contributed by atoms with Gasteiger partial charge in [0.15, 0.2) is 0 Å². The van der Waals surface area contributed by atoms with Crippen LogP contribution in [0.3, 0.4) is 0 Å². The highest BCUT2D eigenvalue weighted by molar-refractivity contribution is 5.95. The minimum Gasteiger partial charge on any atom is -0.324 e. The first-order valence-corrected chi connectivity index (χ1v) is 10.6. The zero-order valence-corrected chi connectivity index (χ0v) is 17.8. The number of amides is 1. The Morgan fingerprint density at radius 3 is 2.31 bits per heavy atom. The fourth-order valence-corrected chi connectivity index (χ4v) is 3.75. The van der Waals surface area contributed by atoms with E-state index in [-0.39, 0.29) is 11.9 Å². The molecule has 0 aromatic heterocycles. The number of hydrogen-bond acceptors (Lipinski definition) is 3. The van der Waals surface area contributed by atoms with Gasteiger partial charge in [0.1, 0.15) is 0 Å². The lowest BCUT2D eigenvalue weighted by Gasteiger charge is -2.37. The lowest BCUT2D eigenvalue weighted by atomic mass is 10.0. The van der Waals surface area contributed by atoms with Gasteiger partial charge in [0.2, 0.25) is 5.91 Å². The van der Waals surface area contributed by atoms with Crippen LogP contribution in [-0.2, 0) is 4.79 Å². The van der Waals surface area contributed by atoms with Gasteiger partial charge in [-0.25, -0.2) is 0 Å². The molecule has 154 valence electrons. The second-order valence-electron chi connectivity index (χ2n) is 8.06. The second kappa shape index (κ2) is 10.4. The van der Waals surface area contributed by atoms with Gasteiger partial charge in [-0.05, 0) is 30.0 Å². The Kier molecular flexibility index (Phi) is 7.62. The first-order chi connectivity index (χ1) is 14.0. The maximum Gasteiger partial charge on any atom is 0.241 e. The molecule has 1 fully saturated rings. The van der Waals surface area contributed by atoms with Crippen molar-refractivity contribution >= 4 is 17.7 Å². The number of benzene rings is 2. The van der Waals surface area contributed by atoms with Gasteiger partial charge in [-0.3, -0.25) is 14.6 Å². The fraction of sp³-hybridized carbons (Fsp3) is 0.400. The highest BCUT2D eigenvalue weighted by atomic mass is 16.2. The van der Waals surface area contributed by atoms with Crippen LogP contribution in [0.15, 0.2) is 60.7 Å². The van der Waals surface area contributed by atoms with E-state index in [1.54, 1.807) is 0 Å². The van der Waals surface area contributed by atoms with Crippen molar-refractivity contribution < 1.29 is 4.79 Å². The first-order valence-electron chi connectivity index (χ1n) is 10.6. The van der Waals surface area contributed by atoms with E-state index in [2.05, 4.69) is 71.4 Å². The van der Waals surface area contributed by atoms with E-state index >= 15 is 0 Å². The quantitative estimate of drug-likeness (QED) is 0.756. The Morgan fingerprint density at radius 1 is 0.966 bits per heavy atom. The zero-order valence-electron chi connectivity index (χ0n) is 17.8. The fourth-order valence-electron chi connectivity index (χ4n) is 3.75. The average Bonchev–Trinajstić information content (AvgIpc) is 2.74. The zero-order chi connectivity index (χ0) is 20.6. The number of para-hydroxylation sites is 1. The Labute approximate surface area is 175 Å². The molecular formula is C25H33N3O. The minimum absolute atomic E-state index is 0.0792. The number of nitrogens with one attached hydrogen (secondary N) is 1. The van der Waals surface area contributed by atoms with Gasteiger partial charge in [-0.15, -0.1) is 0 Å². The van der Waals surface area contributed by atoms with Gasteiger partial charge in [-0.2, -0.15) is 0 Å². The van der Waals surface area contributed by atoms with Crippen LogP contribution in [0.25, 0.3) is 6.08 Å². The number of nitrogens with zero attached hydrogens (tertiary/aromatic N) is 2. The molecule has 4 nitrogen and oxygen atoms in total. The van der Waals surface area contributed by atoms with E-state index in [9.17, 15) is 4.79 Å². The molecule has 0 unspecified atom stereocenters. The number of hydrogen-bond donors (Lipinski definition) is 1. The Bertz CT molecular complexity index is 808. The standard InChI is InChI=1S/C25H33N3O/c1-20(2)23-13-7-8-14-24(23)26-25(29)21(3)28-18-16-27(17-19-28)15-9-12-22-10-5-4-6-11-22/h4-14,20-21H,15-19H2,1-3H3,(H,26,29)/b12-9+/t21-/m1/s1. The summed E-state index contributed by atoms with van der Waals surface area (Å²) < 4.78 is 0. The van der Waals surface area contributed by atoms with Gasteiger partial charge < -0.3 is 5.32 Å². The van der Waals surface area contributed by atoms with Crippen molar-refractivity contribution in [2.24, 2.45) is 0 Å². The molecule has 1 aliphatic heterocycles. The average molecular weight is 392 g/mol. The van der Waals surface area contributed by atoms with E-state index in [1.807, 2.05) is 31.2 Å². The highest BCUT2D eigenvalue weighted by Gasteiger charge is 2.25. The van der Waals surface area contributed by atoms with E-state index in [4.69, 9.17) is 0 Å². The summed E-state index contributed by atoms with van der Waals surface area (Å²) >= 11 is 0. The number of rotatable bonds is 7. The van der Waals surface area contributed by atoms with Gasteiger partial charge in [-0.1, -0.05) is 74.5 Å². The molecule has 0 saturated carbocycles. The molecule has 0 radical (unpaired) electrons. The molecule has 2 aromatic rings. The first kappa shape index (κ1) is 21.3. The summed E-state index contributed by atoms with van der Waals surface area (Å²) in [5, 5.41) is 3.15. The number of anilines is 1. The van der Waals surface area contributed by atoms with Crippen molar-refractivity contribution in [3.05, 3.63) is 71.8 Å². The molecule has 1 amide bonds. The Morgan fingerprint density at radius 2 is 1.62 bits per heavy atom. The summed E-state index contributed by atoms with van der Waals surface area (Å²) in [6.07, 6.45) is 4.40. The largest absolute Gasteiger partial charge is 0.324 e. The summed E-state index contributed by atoms with van der Waals surface area (Å²) in [5.41, 5.74) is 3.35. The van der Waals surface area contributed by atoms with Crippen LogP contribution < -0.4 is 5.32 Å². The molecule has 1 aliphatic rings. The van der Waals surface area contributed by atoms with Crippen molar-refractivity contribution in [2.45, 2.75) is 32.7 Å². The molecule has 1 heterocycles. The highest BCUT2D eigenvalue weighted by Crippen LogP contribution is 2.24. The van der Waals surface area contributed by atoms with Crippen LogP contribution in [0, 0.1) is 0 Å². The van der Waals surface area contributed by atoms with Gasteiger partial charge in [0, 0.05) is 38.4 Å². The Hall–Kier alpha value is -2.43. The van der Waals surface area contributed by atoms with E-state index in [0.717, 1.165) is 38.4 Å². The molecule has 0 spiro atoms. The van der Waals surface area contributed by atoms with Crippen molar-refractivity contribution in [3.63, 3.8) is 0 Å². The second-order valence-corrected chi connectivity index (χ2v) is 8.06. The predicted octanol–water partition coefficient (Wildman–Crippen LogP) is 4.47.